The van der Waals surface area contributed by atoms with Crippen LogP contribution in [0.1, 0.15) is 5.56 Å². The molecule has 0 saturated carbocycles. The second-order valence-corrected chi connectivity index (χ2v) is 6.47. The van der Waals surface area contributed by atoms with Crippen molar-refractivity contribution in [2.45, 2.75) is 11.4 Å². The van der Waals surface area contributed by atoms with E-state index in [-0.39, 0.29) is 24.0 Å². The van der Waals surface area contributed by atoms with Crippen LogP contribution in [0.25, 0.3) is 0 Å². The molecule has 0 heterocycles. The van der Waals surface area contributed by atoms with Gasteiger partial charge >= 0.3 is 0 Å². The molecule has 0 bridgehead atoms. The van der Waals surface area contributed by atoms with Crippen molar-refractivity contribution < 1.29 is 17.9 Å². The Balaban J connectivity index is 2.16. The van der Waals surface area contributed by atoms with E-state index in [4.69, 9.17) is 4.74 Å². The van der Waals surface area contributed by atoms with Gasteiger partial charge in [0.2, 0.25) is 5.91 Å². The first-order valence-electron chi connectivity index (χ1n) is 6.94. The molecule has 0 saturated heterocycles. The highest BCUT2D eigenvalue weighted by atomic mass is 32.2. The highest BCUT2D eigenvalue weighted by Crippen LogP contribution is 2.19. The number of carbonyl (C=O) groups excluding carboxylic acids is 1. The molecule has 1 amide bonds. The topological polar surface area (TPSA) is 84.5 Å². The Bertz CT molecular complexity index is 761. The molecule has 0 unspecified atom stereocenters. The lowest BCUT2D eigenvalue weighted by Crippen LogP contribution is -2.27. The number of amides is 1. The lowest BCUT2D eigenvalue weighted by Gasteiger charge is -2.13. The van der Waals surface area contributed by atoms with E-state index in [1.165, 1.54) is 19.2 Å². The number of hydrogen-bond donors (Lipinski definition) is 2. The van der Waals surface area contributed by atoms with Gasteiger partial charge in [0.25, 0.3) is 10.0 Å². The monoisotopic (exact) mass is 334 g/mol. The minimum atomic E-state index is -3.67. The van der Waals surface area contributed by atoms with Crippen molar-refractivity contribution in [2.75, 3.05) is 18.4 Å². The Kier molecular flexibility index (Phi) is 5.72. The van der Waals surface area contributed by atoms with Crippen molar-refractivity contribution in [3.8, 4) is 0 Å². The molecule has 122 valence electrons. The second kappa shape index (κ2) is 7.75. The summed E-state index contributed by atoms with van der Waals surface area (Å²) in [7, 11) is -2.24. The number of ether oxygens (including phenoxy) is 1. The zero-order valence-corrected chi connectivity index (χ0v) is 13.5. The molecule has 0 aromatic heterocycles. The fourth-order valence-electron chi connectivity index (χ4n) is 1.95. The molecule has 0 aliphatic carbocycles. The van der Waals surface area contributed by atoms with Crippen molar-refractivity contribution >= 4 is 21.6 Å². The molecule has 0 aliphatic rings. The van der Waals surface area contributed by atoms with Crippen LogP contribution < -0.4 is 10.0 Å². The summed E-state index contributed by atoms with van der Waals surface area (Å²) in [5, 5.41) is 2.67. The number of hydrogen-bond acceptors (Lipinski definition) is 4. The molecule has 6 nitrogen and oxygen atoms in total. The molecule has 2 aromatic carbocycles. The first-order valence-corrected chi connectivity index (χ1v) is 8.42. The maximum atomic E-state index is 12.4. The molecule has 2 rings (SSSR count). The van der Waals surface area contributed by atoms with Gasteiger partial charge in [0.05, 0.1) is 10.6 Å². The van der Waals surface area contributed by atoms with E-state index in [2.05, 4.69) is 10.0 Å². The summed E-state index contributed by atoms with van der Waals surface area (Å²) in [6, 6.07) is 15.0. The molecule has 7 heteroatoms. The molecule has 2 N–H and O–H groups in total. The predicted molar refractivity (Wildman–Crippen MR) is 87.4 cm³/mol. The largest absolute Gasteiger partial charge is 0.375 e. The number of para-hydroxylation sites is 1. The van der Waals surface area contributed by atoms with Gasteiger partial charge in [-0.3, -0.25) is 9.52 Å². The number of methoxy groups -OCH3 is 1. The van der Waals surface area contributed by atoms with Crippen LogP contribution in [0.5, 0.6) is 0 Å². The SMILES string of the molecule is COCC(=O)NCc1ccccc1NS(=O)(=O)c1ccccc1. The predicted octanol–water partition coefficient (Wildman–Crippen LogP) is 1.75. The minimum Gasteiger partial charge on any atom is -0.375 e. The first kappa shape index (κ1) is 17.0. The number of anilines is 1. The summed E-state index contributed by atoms with van der Waals surface area (Å²) in [6.45, 7) is 0.160. The lowest BCUT2D eigenvalue weighted by molar-refractivity contribution is -0.124. The van der Waals surface area contributed by atoms with Crippen LogP contribution in [0.2, 0.25) is 0 Å². The van der Waals surface area contributed by atoms with Gasteiger partial charge in [-0.2, -0.15) is 0 Å². The van der Waals surface area contributed by atoms with Crippen LogP contribution >= 0.6 is 0 Å². The Hall–Kier alpha value is -2.38. The Labute approximate surface area is 135 Å². The van der Waals surface area contributed by atoms with Gasteiger partial charge in [0.15, 0.2) is 0 Å². The molecule has 0 fully saturated rings. The molecular weight excluding hydrogens is 316 g/mol. The van der Waals surface area contributed by atoms with E-state index in [9.17, 15) is 13.2 Å². The number of benzene rings is 2. The smallest absolute Gasteiger partial charge is 0.261 e. The van der Waals surface area contributed by atoms with Crippen molar-refractivity contribution in [3.05, 3.63) is 60.2 Å². The van der Waals surface area contributed by atoms with Crippen molar-refractivity contribution in [2.24, 2.45) is 0 Å². The highest BCUT2D eigenvalue weighted by molar-refractivity contribution is 7.92. The van der Waals surface area contributed by atoms with Gasteiger partial charge in [-0.05, 0) is 23.8 Å². The molecular formula is C16H18N2O4S. The maximum Gasteiger partial charge on any atom is 0.261 e. The van der Waals surface area contributed by atoms with E-state index < -0.39 is 10.0 Å². The van der Waals surface area contributed by atoms with E-state index in [1.807, 2.05) is 0 Å². The van der Waals surface area contributed by atoms with Crippen LogP contribution in [0.4, 0.5) is 5.69 Å². The third-order valence-corrected chi connectivity index (χ3v) is 4.45. The van der Waals surface area contributed by atoms with Gasteiger partial charge in [-0.1, -0.05) is 36.4 Å². The second-order valence-electron chi connectivity index (χ2n) is 4.79. The zero-order chi connectivity index (χ0) is 16.7. The summed E-state index contributed by atoms with van der Waals surface area (Å²) in [5.41, 5.74) is 1.09. The van der Waals surface area contributed by atoms with Gasteiger partial charge < -0.3 is 10.1 Å². The Morgan fingerprint density at radius 1 is 1.04 bits per heavy atom. The number of nitrogens with one attached hydrogen (secondary N) is 2. The van der Waals surface area contributed by atoms with Crippen LogP contribution in [0.3, 0.4) is 0 Å². The van der Waals surface area contributed by atoms with Crippen LogP contribution in [0, 0.1) is 0 Å². The molecule has 0 atom stereocenters. The van der Waals surface area contributed by atoms with Gasteiger partial charge in [-0.25, -0.2) is 8.42 Å². The van der Waals surface area contributed by atoms with Crippen molar-refractivity contribution in [1.29, 1.82) is 0 Å². The molecule has 0 spiro atoms. The average Bonchev–Trinajstić information content (AvgIpc) is 2.55. The highest BCUT2D eigenvalue weighted by Gasteiger charge is 2.15. The number of sulfonamides is 1. The first-order chi connectivity index (χ1) is 11.0. The van der Waals surface area contributed by atoms with Crippen LogP contribution in [-0.2, 0) is 26.1 Å². The molecule has 2 aromatic rings. The van der Waals surface area contributed by atoms with Crippen LogP contribution in [-0.4, -0.2) is 28.0 Å². The van der Waals surface area contributed by atoms with E-state index in [0.717, 1.165) is 0 Å². The summed E-state index contributed by atoms with van der Waals surface area (Å²) in [4.78, 5) is 11.6. The Morgan fingerprint density at radius 3 is 2.39 bits per heavy atom. The van der Waals surface area contributed by atoms with Crippen LogP contribution in [0.15, 0.2) is 59.5 Å². The zero-order valence-electron chi connectivity index (χ0n) is 12.7. The van der Waals surface area contributed by atoms with Gasteiger partial charge in [0, 0.05) is 13.7 Å². The third-order valence-electron chi connectivity index (χ3n) is 3.07. The van der Waals surface area contributed by atoms with E-state index >= 15 is 0 Å². The Morgan fingerprint density at radius 2 is 1.70 bits per heavy atom. The standard InChI is InChI=1S/C16H18N2O4S/c1-22-12-16(19)17-11-13-7-5-6-10-15(13)18-23(20,21)14-8-3-2-4-9-14/h2-10,18H,11-12H2,1H3,(H,17,19). The molecule has 0 radical (unpaired) electrons. The molecule has 23 heavy (non-hydrogen) atoms. The van der Waals surface area contributed by atoms with Crippen molar-refractivity contribution in [3.63, 3.8) is 0 Å². The quantitative estimate of drug-likeness (QED) is 0.808. The van der Waals surface area contributed by atoms with Gasteiger partial charge in [0.1, 0.15) is 6.61 Å². The summed E-state index contributed by atoms with van der Waals surface area (Å²) >= 11 is 0. The minimum absolute atomic E-state index is 0.0437. The number of rotatable bonds is 7. The molecule has 0 aliphatic heterocycles. The van der Waals surface area contributed by atoms with Gasteiger partial charge in [-0.15, -0.1) is 0 Å². The summed E-state index contributed by atoms with van der Waals surface area (Å²) in [6.07, 6.45) is 0. The summed E-state index contributed by atoms with van der Waals surface area (Å²) in [5.74, 6) is -0.270. The lowest BCUT2D eigenvalue weighted by atomic mass is 10.2. The third kappa shape index (κ3) is 4.80. The number of carbonyl (C=O) groups is 1. The van der Waals surface area contributed by atoms with Crippen molar-refractivity contribution in [1.82, 2.24) is 5.32 Å². The van der Waals surface area contributed by atoms with E-state index in [0.29, 0.717) is 11.3 Å². The maximum absolute atomic E-state index is 12.4. The summed E-state index contributed by atoms with van der Waals surface area (Å²) < 4.78 is 32.0. The fourth-order valence-corrected chi connectivity index (χ4v) is 3.08. The fraction of sp³-hybridized carbons (Fsp3) is 0.188. The van der Waals surface area contributed by atoms with E-state index in [1.54, 1.807) is 42.5 Å². The normalized spacial score (nSPS) is 11.0. The average molecular weight is 334 g/mol.